The number of carbonyl (C=O) groups is 4. The van der Waals surface area contributed by atoms with E-state index in [2.05, 4.69) is 0 Å². The maximum absolute atomic E-state index is 14.0. The smallest absolute Gasteiger partial charge is 0.273 e. The van der Waals surface area contributed by atoms with Gasteiger partial charge in [0.15, 0.2) is 5.78 Å². The van der Waals surface area contributed by atoms with Crippen molar-refractivity contribution in [1.29, 1.82) is 0 Å². The van der Waals surface area contributed by atoms with Gasteiger partial charge in [0.25, 0.3) is 17.7 Å². The van der Waals surface area contributed by atoms with Crippen molar-refractivity contribution < 1.29 is 19.2 Å². The highest BCUT2D eigenvalue weighted by molar-refractivity contribution is 6.42. The number of hydrogen-bond acceptors (Lipinski definition) is 4. The summed E-state index contributed by atoms with van der Waals surface area (Å²) in [4.78, 5) is 55.1. The number of Topliss-reactive ketones (excluding diaryl/α,β-unsaturated/α-hetero) is 1. The molecule has 1 aliphatic heterocycles. The van der Waals surface area contributed by atoms with Crippen LogP contribution in [0.15, 0.2) is 42.5 Å². The van der Waals surface area contributed by atoms with Crippen molar-refractivity contribution in [2.75, 3.05) is 5.88 Å². The van der Waals surface area contributed by atoms with Crippen LogP contribution in [0.4, 0.5) is 0 Å². The Morgan fingerprint density at radius 1 is 0.889 bits per heavy atom. The highest BCUT2D eigenvalue weighted by Gasteiger charge is 2.63. The first-order valence-electron chi connectivity index (χ1n) is 11.7. The number of benzene rings is 2. The molecule has 3 aliphatic rings. The Kier molecular flexibility index (Phi) is 7.07. The number of rotatable bonds is 7. The van der Waals surface area contributed by atoms with Crippen LogP contribution >= 0.6 is 46.4 Å². The SMILES string of the molecule is O=C(c1ccc(Cl)cc1)[C@@H](CCCl)N(C(=O)c1ccc(Cl)c(Cl)c1)N1C(=O)[C@@H]2[C@H]3CC[C@@H](C3)[C@@H]2C1=O. The molecule has 0 radical (unpaired) electrons. The first-order valence-corrected chi connectivity index (χ1v) is 13.4. The molecule has 10 heteroatoms. The molecule has 1 heterocycles. The average molecular weight is 568 g/mol. The first kappa shape index (κ1) is 25.5. The molecule has 0 unspecified atom stereocenters. The van der Waals surface area contributed by atoms with Gasteiger partial charge in [0.05, 0.1) is 21.9 Å². The summed E-state index contributed by atoms with van der Waals surface area (Å²) in [5.74, 6) is -2.73. The summed E-state index contributed by atoms with van der Waals surface area (Å²) in [6, 6.07) is 9.26. The highest BCUT2D eigenvalue weighted by Crippen LogP contribution is 2.56. The van der Waals surface area contributed by atoms with Crippen molar-refractivity contribution in [2.45, 2.75) is 31.7 Å². The fourth-order valence-corrected chi connectivity index (χ4v) is 6.64. The normalized spacial score (nSPS) is 25.3. The maximum Gasteiger partial charge on any atom is 0.273 e. The summed E-state index contributed by atoms with van der Waals surface area (Å²) >= 11 is 24.3. The van der Waals surface area contributed by atoms with Crippen LogP contribution in [0.1, 0.15) is 46.4 Å². The van der Waals surface area contributed by atoms with E-state index in [0.717, 1.165) is 29.3 Å². The van der Waals surface area contributed by atoms with E-state index < -0.39 is 41.4 Å². The predicted molar refractivity (Wildman–Crippen MR) is 137 cm³/mol. The second kappa shape index (κ2) is 9.97. The van der Waals surface area contributed by atoms with Crippen LogP contribution in [-0.2, 0) is 9.59 Å². The third kappa shape index (κ3) is 4.22. The number of halogens is 4. The van der Waals surface area contributed by atoms with Gasteiger partial charge in [-0.2, -0.15) is 5.01 Å². The number of imide groups is 1. The molecule has 2 aromatic rings. The van der Waals surface area contributed by atoms with Crippen molar-refractivity contribution in [2.24, 2.45) is 23.7 Å². The van der Waals surface area contributed by atoms with E-state index in [1.165, 1.54) is 30.3 Å². The van der Waals surface area contributed by atoms with E-state index in [1.807, 2.05) is 0 Å². The third-order valence-electron chi connectivity index (χ3n) is 7.60. The molecule has 3 amide bonds. The lowest BCUT2D eigenvalue weighted by Crippen LogP contribution is -2.58. The molecule has 2 aliphatic carbocycles. The lowest BCUT2D eigenvalue weighted by Gasteiger charge is -2.36. The average Bonchev–Trinajstić information content (AvgIpc) is 3.55. The van der Waals surface area contributed by atoms with Gasteiger partial charge in [-0.05, 0) is 80.0 Å². The Hall–Kier alpha value is -2.12. The zero-order chi connectivity index (χ0) is 25.7. The van der Waals surface area contributed by atoms with Crippen molar-refractivity contribution in [3.05, 3.63) is 68.7 Å². The van der Waals surface area contributed by atoms with Crippen molar-refractivity contribution in [3.63, 3.8) is 0 Å². The van der Waals surface area contributed by atoms with E-state index in [9.17, 15) is 19.2 Å². The molecule has 5 rings (SSSR count). The van der Waals surface area contributed by atoms with Gasteiger partial charge >= 0.3 is 0 Å². The fraction of sp³-hybridized carbons (Fsp3) is 0.385. The van der Waals surface area contributed by atoms with Crippen molar-refractivity contribution in [1.82, 2.24) is 10.0 Å². The van der Waals surface area contributed by atoms with Crippen molar-refractivity contribution in [3.8, 4) is 0 Å². The molecule has 6 nitrogen and oxygen atoms in total. The number of nitrogens with zero attached hydrogens (tertiary/aromatic N) is 2. The molecule has 0 spiro atoms. The number of alkyl halides is 1. The van der Waals surface area contributed by atoms with Gasteiger partial charge in [-0.1, -0.05) is 34.8 Å². The Morgan fingerprint density at radius 3 is 2.03 bits per heavy atom. The van der Waals surface area contributed by atoms with E-state index in [-0.39, 0.29) is 45.3 Å². The lowest BCUT2D eigenvalue weighted by atomic mass is 9.81. The fourth-order valence-electron chi connectivity index (χ4n) is 6.01. The van der Waals surface area contributed by atoms with Crippen LogP contribution in [0.25, 0.3) is 0 Å². The Balaban J connectivity index is 1.60. The van der Waals surface area contributed by atoms with Gasteiger partial charge in [0, 0.05) is 22.0 Å². The zero-order valence-corrected chi connectivity index (χ0v) is 22.0. The van der Waals surface area contributed by atoms with E-state index in [4.69, 9.17) is 46.4 Å². The molecule has 5 atom stereocenters. The standard InChI is InChI=1S/C26H22Cl4N2O4/c27-10-9-20(23(33)13-3-6-17(28)7-4-13)31(24(34)16-5-8-18(29)19(30)12-16)32-25(35)21-14-1-2-15(11-14)22(21)26(32)36/h3-8,12,14-15,20-22H,1-2,9-11H2/t14-,15-,20+,21-,22+/m0/s1. The minimum atomic E-state index is -1.20. The van der Waals surface area contributed by atoms with Crippen LogP contribution < -0.4 is 0 Å². The quantitative estimate of drug-likeness (QED) is 0.236. The van der Waals surface area contributed by atoms with E-state index in [0.29, 0.717) is 5.02 Å². The van der Waals surface area contributed by atoms with Crippen LogP contribution in [0.3, 0.4) is 0 Å². The molecule has 1 saturated heterocycles. The summed E-state index contributed by atoms with van der Waals surface area (Å²) < 4.78 is 0. The Labute approximate surface area is 228 Å². The Bertz CT molecular complexity index is 1220. The van der Waals surface area contributed by atoms with E-state index >= 15 is 0 Å². The highest BCUT2D eigenvalue weighted by atomic mass is 35.5. The second-order valence-electron chi connectivity index (χ2n) is 9.52. The number of fused-ring (bicyclic) bond motifs is 5. The van der Waals surface area contributed by atoms with Crippen LogP contribution in [0.5, 0.6) is 0 Å². The molecule has 2 aromatic carbocycles. The monoisotopic (exact) mass is 566 g/mol. The van der Waals surface area contributed by atoms with Crippen molar-refractivity contribution >= 4 is 69.9 Å². The van der Waals surface area contributed by atoms with Gasteiger partial charge in [-0.15, -0.1) is 11.6 Å². The summed E-state index contributed by atoms with van der Waals surface area (Å²) in [7, 11) is 0. The second-order valence-corrected chi connectivity index (χ2v) is 11.1. The van der Waals surface area contributed by atoms with Gasteiger partial charge in [0.2, 0.25) is 0 Å². The van der Waals surface area contributed by atoms with Gasteiger partial charge in [-0.3, -0.25) is 19.2 Å². The summed E-state index contributed by atoms with van der Waals surface area (Å²) in [5, 5.41) is 2.73. The molecular formula is C26H22Cl4N2O4. The molecule has 2 bridgehead atoms. The number of carbonyl (C=O) groups excluding carboxylic acids is 4. The summed E-state index contributed by atoms with van der Waals surface area (Å²) in [5.41, 5.74) is 0.370. The van der Waals surface area contributed by atoms with Gasteiger partial charge in [-0.25, -0.2) is 5.01 Å². The minimum Gasteiger partial charge on any atom is -0.292 e. The van der Waals surface area contributed by atoms with Crippen LogP contribution in [0.2, 0.25) is 15.1 Å². The topological polar surface area (TPSA) is 74.8 Å². The predicted octanol–water partition coefficient (Wildman–Crippen LogP) is 5.92. The molecule has 3 fully saturated rings. The molecule has 36 heavy (non-hydrogen) atoms. The lowest BCUT2D eigenvalue weighted by molar-refractivity contribution is -0.157. The van der Waals surface area contributed by atoms with Gasteiger partial charge < -0.3 is 0 Å². The minimum absolute atomic E-state index is 0.0173. The largest absolute Gasteiger partial charge is 0.292 e. The number of ketones is 1. The molecule has 0 N–H and O–H groups in total. The number of amides is 3. The summed E-state index contributed by atoms with van der Waals surface area (Å²) in [6.07, 6.45) is 2.63. The number of hydrazine groups is 1. The van der Waals surface area contributed by atoms with Crippen LogP contribution in [0, 0.1) is 23.7 Å². The molecular weight excluding hydrogens is 546 g/mol. The zero-order valence-electron chi connectivity index (χ0n) is 19.0. The van der Waals surface area contributed by atoms with Crippen LogP contribution in [-0.4, -0.2) is 45.4 Å². The summed E-state index contributed by atoms with van der Waals surface area (Å²) in [6.45, 7) is 0. The third-order valence-corrected chi connectivity index (χ3v) is 8.81. The molecule has 2 saturated carbocycles. The first-order chi connectivity index (χ1) is 17.2. The number of hydrogen-bond donors (Lipinski definition) is 0. The maximum atomic E-state index is 14.0. The Morgan fingerprint density at radius 2 is 1.47 bits per heavy atom. The van der Waals surface area contributed by atoms with E-state index in [1.54, 1.807) is 12.1 Å². The van der Waals surface area contributed by atoms with Gasteiger partial charge in [0.1, 0.15) is 6.04 Å². The molecule has 188 valence electrons. The molecule has 0 aromatic heterocycles.